The normalized spacial score (nSPS) is 33.7. The summed E-state index contributed by atoms with van der Waals surface area (Å²) in [5.41, 5.74) is 10.8. The molecule has 7 saturated heterocycles. The number of methoxy groups -OCH3 is 7. The molecular formula is C79H87N3O29. The molecular weight excluding hydrogens is 1450 g/mol. The van der Waals surface area contributed by atoms with E-state index in [1.807, 2.05) is 6.07 Å². The molecule has 111 heavy (non-hydrogen) atoms. The topological polar surface area (TPSA) is 356 Å². The van der Waals surface area contributed by atoms with Crippen LogP contribution in [0.2, 0.25) is 0 Å². The molecule has 7 aliphatic heterocycles. The van der Waals surface area contributed by atoms with Gasteiger partial charge in [0.25, 0.3) is 0 Å². The molecule has 7 heterocycles. The SMILES string of the molecule is COC[C@@H]1O[C@@H](O[C@H]2C3CO[C@H](O3)[C@@H](N=[N+]=[N-])C2OC)C(OC)C(OC)[C@@H]1O[C@H]1O[C@@H](COC(=O)c2ccccc2)[C@@H](O[C@@H]2OC(COC(=O)c3ccccc3)[C@@H](O[C@@H]3OC4COC(c5ccccc5)O[C@H]4C(OC(=O)c4ccccc4)[C@@H]3OC(=O)c3ccccc3)C(OC)[C@@H]2OC(=O)c2ccccc2)C(OC)C1OC. The number of ether oxygens (including phenoxy) is 24. The van der Waals surface area contributed by atoms with Gasteiger partial charge in [0.2, 0.25) is 0 Å². The average molecular weight is 1540 g/mol. The number of fused-ring (bicyclic) bond motifs is 3. The van der Waals surface area contributed by atoms with E-state index in [4.69, 9.17) is 114 Å². The summed E-state index contributed by atoms with van der Waals surface area (Å²) in [6.45, 7) is -1.55. The number of esters is 5. The smallest absolute Gasteiger partial charge is 0.338 e. The Morgan fingerprint density at radius 3 is 1.13 bits per heavy atom. The number of hydrogen-bond acceptors (Lipinski definition) is 30. The van der Waals surface area contributed by atoms with Crippen LogP contribution >= 0.6 is 0 Å². The summed E-state index contributed by atoms with van der Waals surface area (Å²) >= 11 is 0. The van der Waals surface area contributed by atoms with Crippen molar-refractivity contribution in [1.82, 2.24) is 0 Å². The maximum absolute atomic E-state index is 15.0. The molecule has 6 aromatic rings. The molecule has 7 fully saturated rings. The lowest BCUT2D eigenvalue weighted by molar-refractivity contribution is -0.399. The van der Waals surface area contributed by atoms with Gasteiger partial charge in [0.15, 0.2) is 56.1 Å². The van der Waals surface area contributed by atoms with Gasteiger partial charge in [-0.05, 0) is 66.2 Å². The molecule has 0 aliphatic carbocycles. The number of hydrogen-bond donors (Lipinski definition) is 0. The maximum atomic E-state index is 15.0. The molecule has 2 bridgehead atoms. The van der Waals surface area contributed by atoms with E-state index in [1.165, 1.54) is 86.2 Å². The van der Waals surface area contributed by atoms with E-state index in [-0.39, 0.29) is 47.6 Å². The molecule has 26 atom stereocenters. The lowest BCUT2D eigenvalue weighted by atomic mass is 9.94. The first-order valence-corrected chi connectivity index (χ1v) is 36.0. The molecule has 0 aromatic heterocycles. The zero-order valence-corrected chi connectivity index (χ0v) is 61.5. The first-order valence-electron chi connectivity index (χ1n) is 36.0. The highest BCUT2D eigenvalue weighted by atomic mass is 16.8. The van der Waals surface area contributed by atoms with Gasteiger partial charge in [0.1, 0.15) is 111 Å². The summed E-state index contributed by atoms with van der Waals surface area (Å²) in [6, 6.07) is 48.4. The number of nitrogens with zero attached hydrogens (tertiary/aromatic N) is 3. The summed E-state index contributed by atoms with van der Waals surface area (Å²) in [6.07, 6.45) is -33.1. The molecule has 0 spiro atoms. The second kappa shape index (κ2) is 38.2. The van der Waals surface area contributed by atoms with Crippen LogP contribution in [-0.4, -0.2) is 266 Å². The monoisotopic (exact) mass is 1540 g/mol. The minimum Gasteiger partial charge on any atom is -0.459 e. The molecule has 32 nitrogen and oxygen atoms in total. The molecule has 0 N–H and O–H groups in total. The number of carbonyl (C=O) groups excluding carboxylic acids is 5. The first kappa shape index (κ1) is 80.3. The van der Waals surface area contributed by atoms with Crippen molar-refractivity contribution in [2.45, 2.75) is 160 Å². The molecule has 11 unspecified atom stereocenters. The molecule has 0 radical (unpaired) electrons. The fourth-order valence-electron chi connectivity index (χ4n) is 14.7. The molecule has 0 saturated carbocycles. The average Bonchev–Trinajstić information content (AvgIpc) is 1.21. The van der Waals surface area contributed by atoms with Crippen molar-refractivity contribution in [3.05, 3.63) is 226 Å². The standard InChI is InChI=1S/C79H87N3O29/c1-88-38-49-56(61(90-3)65(93-6)76(100-49)108-55-52-42-98-75(99-52)54(81-82-80)60(55)89-2)109-77-66(94-7)62(91-4)57(50(101-77)39-95-69(83)43-26-14-8-15-27-43)110-78-67(105-72(86)46-32-20-11-21-33-46)63(92-5)58(51(102-78)40-96-70(84)44-28-16-9-17-29-44)111-79-68(106-73(87)47-34-22-12-23-35-47)64(104-71(85)45-30-18-10-19-31-45)59-53(103-79)41-97-74(107-59)48-36-24-13-25-37-48/h8-37,49-68,74-79H,38-42H2,1-7H3/t49-,50-,51?,52?,53?,54-,55-,56+,57+,58+,59+,60?,61?,62?,63?,64?,65?,66?,67-,68-,74?,75+,76-,77+,78-,79-/m0/s1. The van der Waals surface area contributed by atoms with Gasteiger partial charge in [-0.2, -0.15) is 0 Å². The van der Waals surface area contributed by atoms with Crippen molar-refractivity contribution in [2.24, 2.45) is 5.11 Å². The first-order chi connectivity index (χ1) is 54.3. The van der Waals surface area contributed by atoms with Gasteiger partial charge >= 0.3 is 29.8 Å². The zero-order chi connectivity index (χ0) is 77.5. The Bertz CT molecular complexity index is 4030. The quantitative estimate of drug-likeness (QED) is 0.0143. The van der Waals surface area contributed by atoms with E-state index in [1.54, 1.807) is 140 Å². The summed E-state index contributed by atoms with van der Waals surface area (Å²) in [7, 11) is 9.76. The summed E-state index contributed by atoms with van der Waals surface area (Å²) in [5, 5.41) is 3.92. The third-order valence-electron chi connectivity index (χ3n) is 20.0. The van der Waals surface area contributed by atoms with Gasteiger partial charge in [-0.25, -0.2) is 24.0 Å². The lowest BCUT2D eigenvalue weighted by Crippen LogP contribution is -2.69. The number of carbonyl (C=O) groups is 5. The van der Waals surface area contributed by atoms with Gasteiger partial charge in [0, 0.05) is 60.2 Å². The third-order valence-corrected chi connectivity index (χ3v) is 20.0. The van der Waals surface area contributed by atoms with Crippen LogP contribution in [0.4, 0.5) is 0 Å². The Labute approximate surface area is 638 Å². The molecule has 592 valence electrons. The van der Waals surface area contributed by atoms with Crippen molar-refractivity contribution in [2.75, 3.05) is 82.8 Å². The van der Waals surface area contributed by atoms with Crippen LogP contribution in [-0.2, 0) is 114 Å². The van der Waals surface area contributed by atoms with Crippen molar-refractivity contribution in [1.29, 1.82) is 0 Å². The van der Waals surface area contributed by atoms with Crippen molar-refractivity contribution >= 4 is 29.8 Å². The highest BCUT2D eigenvalue weighted by Crippen LogP contribution is 2.43. The molecule has 7 aliphatic rings. The predicted molar refractivity (Wildman–Crippen MR) is 379 cm³/mol. The molecule has 0 amide bonds. The van der Waals surface area contributed by atoms with Crippen LogP contribution in [0.1, 0.15) is 63.6 Å². The number of benzene rings is 6. The van der Waals surface area contributed by atoms with Crippen molar-refractivity contribution in [3.8, 4) is 0 Å². The zero-order valence-electron chi connectivity index (χ0n) is 61.5. The van der Waals surface area contributed by atoms with Gasteiger partial charge in [-0.3, -0.25) is 0 Å². The second-order valence-corrected chi connectivity index (χ2v) is 26.6. The fraction of sp³-hybridized carbons (Fsp3) is 0.481. The highest BCUT2D eigenvalue weighted by molar-refractivity contribution is 5.91. The van der Waals surface area contributed by atoms with Crippen LogP contribution in [0.5, 0.6) is 0 Å². The number of azide groups is 1. The minimum absolute atomic E-state index is 0.0660. The fourth-order valence-corrected chi connectivity index (χ4v) is 14.7. The van der Waals surface area contributed by atoms with Crippen molar-refractivity contribution < 1.29 is 138 Å². The van der Waals surface area contributed by atoms with E-state index in [2.05, 4.69) is 10.0 Å². The largest absolute Gasteiger partial charge is 0.459 e. The van der Waals surface area contributed by atoms with Crippen LogP contribution < -0.4 is 0 Å². The molecule has 6 aromatic carbocycles. The number of rotatable bonds is 30. The molecule has 13 rings (SSSR count). The van der Waals surface area contributed by atoms with E-state index in [0.29, 0.717) is 5.56 Å². The van der Waals surface area contributed by atoms with Gasteiger partial charge in [0.05, 0.1) is 53.7 Å². The summed E-state index contributed by atoms with van der Waals surface area (Å²) < 4.78 is 156. The van der Waals surface area contributed by atoms with Gasteiger partial charge in [-0.1, -0.05) is 126 Å². The lowest BCUT2D eigenvalue weighted by Gasteiger charge is -2.52. The predicted octanol–water partition coefficient (Wildman–Crippen LogP) is 7.10. The Morgan fingerprint density at radius 2 is 0.712 bits per heavy atom. The van der Waals surface area contributed by atoms with Gasteiger partial charge < -0.3 is 114 Å². The third kappa shape index (κ3) is 18.3. The second-order valence-electron chi connectivity index (χ2n) is 26.6. The summed E-state index contributed by atoms with van der Waals surface area (Å²) in [5.74, 6) is -4.24. The Kier molecular flexibility index (Phi) is 27.6. The van der Waals surface area contributed by atoms with Crippen LogP contribution in [0.15, 0.2) is 187 Å². The molecule has 32 heteroatoms. The van der Waals surface area contributed by atoms with Crippen LogP contribution in [0, 0.1) is 0 Å². The highest BCUT2D eigenvalue weighted by Gasteiger charge is 2.62. The minimum atomic E-state index is -1.86. The van der Waals surface area contributed by atoms with E-state index < -0.39 is 203 Å². The maximum Gasteiger partial charge on any atom is 0.338 e. The van der Waals surface area contributed by atoms with E-state index in [9.17, 15) is 29.5 Å². The van der Waals surface area contributed by atoms with E-state index >= 15 is 0 Å². The van der Waals surface area contributed by atoms with Gasteiger partial charge in [-0.15, -0.1) is 0 Å². The Hall–Kier alpha value is -8.78. The van der Waals surface area contributed by atoms with E-state index in [0.717, 1.165) is 0 Å². The van der Waals surface area contributed by atoms with Crippen LogP contribution in [0.25, 0.3) is 10.4 Å². The summed E-state index contributed by atoms with van der Waals surface area (Å²) in [4.78, 5) is 75.8. The Morgan fingerprint density at radius 1 is 0.360 bits per heavy atom. The van der Waals surface area contributed by atoms with Crippen LogP contribution in [0.3, 0.4) is 0 Å². The van der Waals surface area contributed by atoms with Crippen molar-refractivity contribution in [3.63, 3.8) is 0 Å². The Balaban J connectivity index is 0.870.